The smallest absolute Gasteiger partial charge is 0.451 e. The Bertz CT molecular complexity index is 283. The largest absolute Gasteiger partial charge is 0.490 e. The van der Waals surface area contributed by atoms with Gasteiger partial charge in [-0.2, -0.15) is 13.2 Å². The van der Waals surface area contributed by atoms with Gasteiger partial charge in [0.2, 0.25) is 0 Å². The summed E-state index contributed by atoms with van der Waals surface area (Å²) in [5.74, 6) is -3.64. The first-order valence-corrected chi connectivity index (χ1v) is 4.54. The van der Waals surface area contributed by atoms with Gasteiger partial charge in [-0.25, -0.2) is 4.79 Å². The number of ether oxygens (including phenoxy) is 1. The SMILES string of the molecule is CCCC(=O)CC(=O)COC(=O)C(F)(F)F. The van der Waals surface area contributed by atoms with Crippen LogP contribution in [-0.2, 0) is 19.1 Å². The van der Waals surface area contributed by atoms with Crippen molar-refractivity contribution >= 4 is 17.5 Å². The second-order valence-corrected chi connectivity index (χ2v) is 3.08. The summed E-state index contributed by atoms with van der Waals surface area (Å²) < 4.78 is 38.6. The van der Waals surface area contributed by atoms with Crippen molar-refractivity contribution in [1.29, 1.82) is 0 Å². The number of hydrogen-bond acceptors (Lipinski definition) is 4. The summed E-state index contributed by atoms with van der Waals surface area (Å²) in [5, 5.41) is 0. The Balaban J connectivity index is 3.91. The van der Waals surface area contributed by atoms with E-state index in [2.05, 4.69) is 4.74 Å². The van der Waals surface area contributed by atoms with Gasteiger partial charge in [-0.15, -0.1) is 0 Å². The van der Waals surface area contributed by atoms with E-state index in [-0.39, 0.29) is 12.2 Å². The van der Waals surface area contributed by atoms with Gasteiger partial charge in [0.25, 0.3) is 0 Å². The van der Waals surface area contributed by atoms with Crippen LogP contribution in [0.4, 0.5) is 13.2 Å². The van der Waals surface area contributed by atoms with Gasteiger partial charge in [-0.05, 0) is 6.42 Å². The van der Waals surface area contributed by atoms with E-state index in [1.54, 1.807) is 6.92 Å². The first-order valence-electron chi connectivity index (χ1n) is 4.54. The van der Waals surface area contributed by atoms with Gasteiger partial charge in [0.1, 0.15) is 5.78 Å². The van der Waals surface area contributed by atoms with Crippen LogP contribution < -0.4 is 0 Å². The summed E-state index contributed by atoms with van der Waals surface area (Å²) in [6, 6.07) is 0. The lowest BCUT2D eigenvalue weighted by Crippen LogP contribution is -2.28. The molecule has 4 nitrogen and oxygen atoms in total. The Labute approximate surface area is 89.8 Å². The van der Waals surface area contributed by atoms with E-state index in [9.17, 15) is 27.6 Å². The molecule has 0 unspecified atom stereocenters. The van der Waals surface area contributed by atoms with Crippen LogP contribution in [0.25, 0.3) is 0 Å². The topological polar surface area (TPSA) is 60.4 Å². The molecule has 0 aromatic carbocycles. The maximum atomic E-state index is 11.6. The van der Waals surface area contributed by atoms with Crippen LogP contribution in [-0.4, -0.2) is 30.3 Å². The molecule has 0 atom stereocenters. The molecular weight excluding hydrogens is 229 g/mol. The fourth-order valence-electron chi connectivity index (χ4n) is 0.866. The third-order valence-corrected chi connectivity index (χ3v) is 1.52. The monoisotopic (exact) mass is 240 g/mol. The van der Waals surface area contributed by atoms with Gasteiger partial charge in [-0.3, -0.25) is 9.59 Å². The predicted octanol–water partition coefficient (Wildman–Crippen LogP) is 1.42. The quantitative estimate of drug-likeness (QED) is 0.520. The third kappa shape index (κ3) is 6.15. The summed E-state index contributed by atoms with van der Waals surface area (Å²) >= 11 is 0. The number of hydrogen-bond donors (Lipinski definition) is 0. The van der Waals surface area contributed by atoms with Crippen molar-refractivity contribution < 1.29 is 32.3 Å². The van der Waals surface area contributed by atoms with E-state index in [0.717, 1.165) is 0 Å². The highest BCUT2D eigenvalue weighted by Crippen LogP contribution is 2.16. The standard InChI is InChI=1S/C9H11F3O4/c1-2-3-6(13)4-7(14)5-16-8(15)9(10,11)12/h2-5H2,1H3. The fourth-order valence-corrected chi connectivity index (χ4v) is 0.866. The van der Waals surface area contributed by atoms with Crippen LogP contribution >= 0.6 is 0 Å². The Kier molecular flexibility index (Phi) is 5.69. The first kappa shape index (κ1) is 14.6. The van der Waals surface area contributed by atoms with Crippen molar-refractivity contribution in [2.24, 2.45) is 0 Å². The van der Waals surface area contributed by atoms with Crippen molar-refractivity contribution in [2.75, 3.05) is 6.61 Å². The van der Waals surface area contributed by atoms with Gasteiger partial charge in [0, 0.05) is 6.42 Å². The minimum Gasteiger partial charge on any atom is -0.451 e. The minimum atomic E-state index is -5.12. The second-order valence-electron chi connectivity index (χ2n) is 3.08. The van der Waals surface area contributed by atoms with Gasteiger partial charge < -0.3 is 4.74 Å². The van der Waals surface area contributed by atoms with Gasteiger partial charge in [0.15, 0.2) is 12.4 Å². The van der Waals surface area contributed by atoms with Crippen molar-refractivity contribution in [3.63, 3.8) is 0 Å². The molecule has 0 saturated heterocycles. The maximum Gasteiger partial charge on any atom is 0.490 e. The van der Waals surface area contributed by atoms with Gasteiger partial charge >= 0.3 is 12.1 Å². The molecule has 0 spiro atoms. The highest BCUT2D eigenvalue weighted by atomic mass is 19.4. The number of alkyl halides is 3. The third-order valence-electron chi connectivity index (χ3n) is 1.52. The first-order chi connectivity index (χ1) is 7.27. The van der Waals surface area contributed by atoms with E-state index in [1.807, 2.05) is 0 Å². The lowest BCUT2D eigenvalue weighted by Gasteiger charge is -2.05. The van der Waals surface area contributed by atoms with E-state index in [1.165, 1.54) is 0 Å². The summed E-state index contributed by atoms with van der Waals surface area (Å²) in [5.41, 5.74) is 0. The van der Waals surface area contributed by atoms with Crippen LogP contribution in [0.15, 0.2) is 0 Å². The molecule has 0 amide bonds. The molecule has 0 fully saturated rings. The van der Waals surface area contributed by atoms with Crippen molar-refractivity contribution in [2.45, 2.75) is 32.4 Å². The molecule has 92 valence electrons. The fraction of sp³-hybridized carbons (Fsp3) is 0.667. The molecule has 0 radical (unpaired) electrons. The number of esters is 1. The Morgan fingerprint density at radius 1 is 1.12 bits per heavy atom. The molecule has 0 saturated carbocycles. The summed E-state index contributed by atoms with van der Waals surface area (Å²) in [4.78, 5) is 32.0. The average molecular weight is 240 g/mol. The summed E-state index contributed by atoms with van der Waals surface area (Å²) in [6.07, 6.45) is -4.89. The van der Waals surface area contributed by atoms with E-state index in [0.29, 0.717) is 6.42 Å². The van der Waals surface area contributed by atoms with Crippen LogP contribution in [0.2, 0.25) is 0 Å². The zero-order valence-electron chi connectivity index (χ0n) is 8.60. The lowest BCUT2D eigenvalue weighted by atomic mass is 10.1. The predicted molar refractivity (Wildman–Crippen MR) is 46.6 cm³/mol. The molecule has 0 aliphatic rings. The zero-order valence-corrected chi connectivity index (χ0v) is 8.60. The lowest BCUT2D eigenvalue weighted by molar-refractivity contribution is -0.199. The number of rotatable bonds is 6. The molecule has 0 N–H and O–H groups in total. The van der Waals surface area contributed by atoms with Crippen LogP contribution in [0.1, 0.15) is 26.2 Å². The van der Waals surface area contributed by atoms with Crippen molar-refractivity contribution in [1.82, 2.24) is 0 Å². The molecular formula is C9H11F3O4. The molecule has 0 heterocycles. The summed E-state index contributed by atoms with van der Waals surface area (Å²) in [6.45, 7) is 0.708. The molecule has 0 aromatic rings. The zero-order chi connectivity index (χ0) is 12.8. The molecule has 0 bridgehead atoms. The van der Waals surface area contributed by atoms with E-state index < -0.39 is 31.0 Å². The minimum absolute atomic E-state index is 0.180. The second kappa shape index (κ2) is 6.24. The Morgan fingerprint density at radius 2 is 1.69 bits per heavy atom. The van der Waals surface area contributed by atoms with Crippen LogP contribution in [0, 0.1) is 0 Å². The number of carbonyl (C=O) groups excluding carboxylic acids is 3. The highest BCUT2D eigenvalue weighted by molar-refractivity contribution is 6.00. The molecule has 0 aromatic heterocycles. The number of halogens is 3. The van der Waals surface area contributed by atoms with Gasteiger partial charge in [-0.1, -0.05) is 6.92 Å². The number of ketones is 2. The average Bonchev–Trinajstić information content (AvgIpc) is 2.12. The molecule has 0 aliphatic heterocycles. The number of carbonyl (C=O) groups is 3. The normalized spacial score (nSPS) is 11.0. The Hall–Kier alpha value is -1.40. The maximum absolute atomic E-state index is 11.6. The molecule has 0 rings (SSSR count). The van der Waals surface area contributed by atoms with Crippen molar-refractivity contribution in [3.05, 3.63) is 0 Å². The van der Waals surface area contributed by atoms with E-state index in [4.69, 9.17) is 0 Å². The van der Waals surface area contributed by atoms with Gasteiger partial charge in [0.05, 0.1) is 6.42 Å². The van der Waals surface area contributed by atoms with E-state index >= 15 is 0 Å². The van der Waals surface area contributed by atoms with Crippen LogP contribution in [0.3, 0.4) is 0 Å². The number of Topliss-reactive ketones (excluding diaryl/α,β-unsaturated/α-hetero) is 2. The van der Waals surface area contributed by atoms with Crippen LogP contribution in [0.5, 0.6) is 0 Å². The molecule has 7 heteroatoms. The molecule has 0 aliphatic carbocycles. The molecule has 16 heavy (non-hydrogen) atoms. The Morgan fingerprint density at radius 3 is 2.12 bits per heavy atom. The highest BCUT2D eigenvalue weighted by Gasteiger charge is 2.41. The van der Waals surface area contributed by atoms with Crippen molar-refractivity contribution in [3.8, 4) is 0 Å². The summed E-state index contributed by atoms with van der Waals surface area (Å²) in [7, 11) is 0.